The van der Waals surface area contributed by atoms with Gasteiger partial charge in [-0.3, -0.25) is 4.98 Å². The summed E-state index contributed by atoms with van der Waals surface area (Å²) in [5, 5.41) is 3.31. The fourth-order valence-electron chi connectivity index (χ4n) is 1.64. The molecule has 4 N–H and O–H groups in total. The van der Waals surface area contributed by atoms with Gasteiger partial charge in [-0.25, -0.2) is 4.79 Å². The van der Waals surface area contributed by atoms with E-state index in [1.54, 1.807) is 12.1 Å². The van der Waals surface area contributed by atoms with Crippen molar-refractivity contribution in [1.29, 1.82) is 0 Å². The summed E-state index contributed by atoms with van der Waals surface area (Å²) in [6.07, 6.45) is 0. The lowest BCUT2D eigenvalue weighted by atomic mass is 10.0. The summed E-state index contributed by atoms with van der Waals surface area (Å²) in [6, 6.07) is 3.44. The molecule has 0 unspecified atom stereocenters. The predicted molar refractivity (Wildman–Crippen MR) is 77.5 cm³/mol. The number of nitrogens with zero attached hydrogens (tertiary/aromatic N) is 1. The van der Waals surface area contributed by atoms with E-state index in [9.17, 15) is 4.79 Å². The maximum atomic E-state index is 11.1. The Hall–Kier alpha value is -1.95. The van der Waals surface area contributed by atoms with Gasteiger partial charge in [0.2, 0.25) is 0 Å². The Morgan fingerprint density at radius 1 is 1.42 bits per heavy atom. The van der Waals surface area contributed by atoms with Gasteiger partial charge in [-0.2, -0.15) is 0 Å². The zero-order valence-corrected chi connectivity index (χ0v) is 11.7. The molecule has 2 aromatic rings. The van der Waals surface area contributed by atoms with Crippen LogP contribution in [0.25, 0.3) is 11.1 Å². The van der Waals surface area contributed by atoms with Crippen molar-refractivity contribution in [2.45, 2.75) is 19.4 Å². The molecule has 6 nitrogen and oxygen atoms in total. The van der Waals surface area contributed by atoms with Crippen LogP contribution in [-0.4, -0.2) is 36.1 Å². The molecular formula is C13H20N4O2. The standard InChI is InChI=1S/C13H20N4O2/c1-13(2,17(3)4)7-15-9-6-10-11(5-8(9)14)19-12(18)16-10/h5-6,15H,7,14H2,1-4H3,(H,16,18). The number of aromatic amines is 1. The SMILES string of the molecule is CN(C)C(C)(C)CNc1cc2[nH]c(=O)oc2cc1N. The second-order valence-corrected chi connectivity index (χ2v) is 5.51. The van der Waals surface area contributed by atoms with E-state index >= 15 is 0 Å². The molecule has 0 radical (unpaired) electrons. The van der Waals surface area contributed by atoms with Crippen molar-refractivity contribution in [3.05, 3.63) is 22.7 Å². The van der Waals surface area contributed by atoms with Crippen LogP contribution in [0, 0.1) is 0 Å². The number of nitrogens with one attached hydrogen (secondary N) is 2. The minimum Gasteiger partial charge on any atom is -0.408 e. The Bertz CT molecular complexity index is 640. The molecule has 1 aromatic carbocycles. The number of rotatable bonds is 4. The molecule has 0 aliphatic heterocycles. The second-order valence-electron chi connectivity index (χ2n) is 5.51. The van der Waals surface area contributed by atoms with E-state index < -0.39 is 5.76 Å². The van der Waals surface area contributed by atoms with Crippen molar-refractivity contribution in [2.24, 2.45) is 0 Å². The Kier molecular flexibility index (Phi) is 3.28. The minimum atomic E-state index is -0.472. The average Bonchev–Trinajstić information content (AvgIpc) is 2.65. The lowest BCUT2D eigenvalue weighted by molar-refractivity contribution is 0.210. The van der Waals surface area contributed by atoms with E-state index in [1.165, 1.54) is 0 Å². The normalized spacial score (nSPS) is 12.3. The van der Waals surface area contributed by atoms with Crippen LogP contribution >= 0.6 is 0 Å². The second kappa shape index (κ2) is 4.62. The van der Waals surface area contributed by atoms with Crippen molar-refractivity contribution in [3.8, 4) is 0 Å². The molecule has 0 amide bonds. The molecule has 0 bridgehead atoms. The number of fused-ring (bicyclic) bond motifs is 1. The highest BCUT2D eigenvalue weighted by atomic mass is 16.4. The third-order valence-electron chi connectivity index (χ3n) is 3.51. The monoisotopic (exact) mass is 264 g/mol. The molecular weight excluding hydrogens is 244 g/mol. The van der Waals surface area contributed by atoms with E-state index in [4.69, 9.17) is 10.2 Å². The molecule has 2 rings (SSSR count). The molecule has 1 heterocycles. The van der Waals surface area contributed by atoms with E-state index in [0.29, 0.717) is 16.8 Å². The fourth-order valence-corrected chi connectivity index (χ4v) is 1.64. The van der Waals surface area contributed by atoms with E-state index in [-0.39, 0.29) is 5.54 Å². The molecule has 104 valence electrons. The first kappa shape index (κ1) is 13.5. The molecule has 0 saturated heterocycles. The van der Waals surface area contributed by atoms with Gasteiger partial charge in [-0.15, -0.1) is 0 Å². The van der Waals surface area contributed by atoms with Gasteiger partial charge in [0, 0.05) is 18.2 Å². The maximum Gasteiger partial charge on any atom is 0.417 e. The predicted octanol–water partition coefficient (Wildman–Crippen LogP) is 1.46. The van der Waals surface area contributed by atoms with E-state index in [0.717, 1.165) is 12.2 Å². The van der Waals surface area contributed by atoms with Crippen LogP contribution in [0.4, 0.5) is 11.4 Å². The molecule has 0 fully saturated rings. The van der Waals surface area contributed by atoms with Gasteiger partial charge in [0.15, 0.2) is 5.58 Å². The van der Waals surface area contributed by atoms with Crippen LogP contribution < -0.4 is 16.8 Å². The molecule has 0 aliphatic rings. The average molecular weight is 264 g/mol. The maximum absolute atomic E-state index is 11.1. The largest absolute Gasteiger partial charge is 0.417 e. The number of anilines is 2. The van der Waals surface area contributed by atoms with Gasteiger partial charge < -0.3 is 20.4 Å². The number of H-pyrrole nitrogens is 1. The molecule has 19 heavy (non-hydrogen) atoms. The zero-order chi connectivity index (χ0) is 14.2. The fraction of sp³-hybridized carbons (Fsp3) is 0.462. The minimum absolute atomic E-state index is 0.00873. The zero-order valence-electron chi connectivity index (χ0n) is 11.7. The Labute approximate surface area is 111 Å². The van der Waals surface area contributed by atoms with Crippen molar-refractivity contribution in [3.63, 3.8) is 0 Å². The van der Waals surface area contributed by atoms with Crippen LogP contribution in [0.5, 0.6) is 0 Å². The van der Waals surface area contributed by atoms with Gasteiger partial charge >= 0.3 is 5.76 Å². The molecule has 1 aromatic heterocycles. The summed E-state index contributed by atoms with van der Waals surface area (Å²) in [7, 11) is 4.06. The van der Waals surface area contributed by atoms with Gasteiger partial charge in [0.1, 0.15) is 0 Å². The highest BCUT2D eigenvalue weighted by Crippen LogP contribution is 2.25. The van der Waals surface area contributed by atoms with E-state index in [1.807, 2.05) is 14.1 Å². The summed E-state index contributed by atoms with van der Waals surface area (Å²) in [6.45, 7) is 5.00. The first-order valence-electron chi connectivity index (χ1n) is 6.13. The van der Waals surface area contributed by atoms with Gasteiger partial charge in [0.05, 0.1) is 16.9 Å². The van der Waals surface area contributed by atoms with Crippen LogP contribution in [0.15, 0.2) is 21.3 Å². The molecule has 0 spiro atoms. The summed E-state index contributed by atoms with van der Waals surface area (Å²) >= 11 is 0. The summed E-state index contributed by atoms with van der Waals surface area (Å²) in [5.41, 5.74) is 8.41. The first-order chi connectivity index (χ1) is 8.79. The highest BCUT2D eigenvalue weighted by molar-refractivity contribution is 5.85. The van der Waals surface area contributed by atoms with Crippen LogP contribution in [0.2, 0.25) is 0 Å². The number of hydrogen-bond donors (Lipinski definition) is 3. The number of hydrogen-bond acceptors (Lipinski definition) is 5. The summed E-state index contributed by atoms with van der Waals surface area (Å²) < 4.78 is 4.96. The summed E-state index contributed by atoms with van der Waals surface area (Å²) in [4.78, 5) is 15.9. The number of nitrogen functional groups attached to an aromatic ring is 1. The first-order valence-corrected chi connectivity index (χ1v) is 6.13. The molecule has 0 atom stereocenters. The number of benzene rings is 1. The number of oxazole rings is 1. The Morgan fingerprint density at radius 3 is 2.74 bits per heavy atom. The lowest BCUT2D eigenvalue weighted by Gasteiger charge is -2.33. The molecule has 0 aliphatic carbocycles. The molecule has 0 saturated carbocycles. The summed E-state index contributed by atoms with van der Waals surface area (Å²) in [5.74, 6) is -0.472. The number of aromatic nitrogens is 1. The highest BCUT2D eigenvalue weighted by Gasteiger charge is 2.20. The van der Waals surface area contributed by atoms with E-state index in [2.05, 4.69) is 29.0 Å². The molecule has 6 heteroatoms. The van der Waals surface area contributed by atoms with Crippen molar-refractivity contribution >= 4 is 22.5 Å². The smallest absolute Gasteiger partial charge is 0.408 e. The number of likely N-dealkylation sites (N-methyl/N-ethyl adjacent to an activating group) is 1. The third kappa shape index (κ3) is 2.73. The Balaban J connectivity index is 2.25. The Morgan fingerprint density at radius 2 is 2.11 bits per heavy atom. The van der Waals surface area contributed by atoms with Crippen LogP contribution in [0.1, 0.15) is 13.8 Å². The van der Waals surface area contributed by atoms with Crippen LogP contribution in [0.3, 0.4) is 0 Å². The van der Waals surface area contributed by atoms with Crippen molar-refractivity contribution < 1.29 is 4.42 Å². The van der Waals surface area contributed by atoms with Crippen molar-refractivity contribution in [1.82, 2.24) is 9.88 Å². The van der Waals surface area contributed by atoms with Crippen molar-refractivity contribution in [2.75, 3.05) is 31.7 Å². The lowest BCUT2D eigenvalue weighted by Crippen LogP contribution is -2.44. The van der Waals surface area contributed by atoms with Gasteiger partial charge in [-0.1, -0.05) is 0 Å². The third-order valence-corrected chi connectivity index (χ3v) is 3.51. The van der Waals surface area contributed by atoms with Gasteiger partial charge in [0.25, 0.3) is 0 Å². The topological polar surface area (TPSA) is 87.3 Å². The number of nitrogens with two attached hydrogens (primary N) is 1. The van der Waals surface area contributed by atoms with Crippen LogP contribution in [-0.2, 0) is 0 Å². The quantitative estimate of drug-likeness (QED) is 0.728. The van der Waals surface area contributed by atoms with Gasteiger partial charge in [-0.05, 0) is 34.0 Å².